The lowest BCUT2D eigenvalue weighted by atomic mass is 9.77. The van der Waals surface area contributed by atoms with Crippen LogP contribution in [-0.2, 0) is 0 Å². The highest BCUT2D eigenvalue weighted by molar-refractivity contribution is 7.09. The summed E-state index contributed by atoms with van der Waals surface area (Å²) in [5.74, 6) is 2.52. The molecule has 1 unspecified atom stereocenters. The van der Waals surface area contributed by atoms with E-state index in [2.05, 4.69) is 31.5 Å². The lowest BCUT2D eigenvalue weighted by Gasteiger charge is -2.29. The SMILES string of the molecule is CNC(C)c1csc(C2CCC(C(C)C)CC2)n1. The molecule has 0 aromatic carbocycles. The second kappa shape index (κ2) is 6.16. The fourth-order valence-electron chi connectivity index (χ4n) is 2.87. The summed E-state index contributed by atoms with van der Waals surface area (Å²) in [5, 5.41) is 6.86. The molecule has 0 radical (unpaired) electrons. The fourth-order valence-corrected chi connectivity index (χ4v) is 3.95. The van der Waals surface area contributed by atoms with Crippen molar-refractivity contribution in [3.05, 3.63) is 16.1 Å². The van der Waals surface area contributed by atoms with Gasteiger partial charge in [-0.2, -0.15) is 0 Å². The molecule has 1 aromatic heterocycles. The van der Waals surface area contributed by atoms with Crippen molar-refractivity contribution in [1.29, 1.82) is 0 Å². The van der Waals surface area contributed by atoms with Crippen molar-refractivity contribution in [2.75, 3.05) is 7.05 Å². The Labute approximate surface area is 115 Å². The first-order valence-electron chi connectivity index (χ1n) is 7.24. The second-order valence-electron chi connectivity index (χ2n) is 5.98. The van der Waals surface area contributed by atoms with Crippen molar-refractivity contribution in [2.45, 2.75) is 58.4 Å². The van der Waals surface area contributed by atoms with Gasteiger partial charge in [-0.1, -0.05) is 13.8 Å². The molecule has 1 aromatic rings. The predicted octanol–water partition coefficient (Wildman–Crippen LogP) is 4.35. The van der Waals surface area contributed by atoms with Gasteiger partial charge >= 0.3 is 0 Å². The average Bonchev–Trinajstić information content (AvgIpc) is 2.87. The van der Waals surface area contributed by atoms with Crippen LogP contribution in [0.1, 0.15) is 69.1 Å². The van der Waals surface area contributed by atoms with Crippen LogP contribution in [0.25, 0.3) is 0 Å². The number of nitrogens with zero attached hydrogens (tertiary/aromatic N) is 1. The van der Waals surface area contributed by atoms with E-state index in [4.69, 9.17) is 4.98 Å². The Hall–Kier alpha value is -0.410. The molecule has 102 valence electrons. The Morgan fingerprint density at radius 2 is 1.89 bits per heavy atom. The van der Waals surface area contributed by atoms with Crippen LogP contribution in [-0.4, -0.2) is 12.0 Å². The Morgan fingerprint density at radius 1 is 1.22 bits per heavy atom. The Bertz CT molecular complexity index is 364. The third-order valence-corrected chi connectivity index (χ3v) is 5.51. The van der Waals surface area contributed by atoms with Crippen LogP contribution in [0.4, 0.5) is 0 Å². The van der Waals surface area contributed by atoms with Gasteiger partial charge in [-0.15, -0.1) is 11.3 Å². The smallest absolute Gasteiger partial charge is 0.0959 e. The third-order valence-electron chi connectivity index (χ3n) is 4.48. The molecule has 1 saturated carbocycles. The van der Waals surface area contributed by atoms with Crippen molar-refractivity contribution in [3.8, 4) is 0 Å². The Kier molecular flexibility index (Phi) is 4.79. The molecule has 0 aliphatic heterocycles. The molecule has 1 atom stereocenters. The molecule has 0 amide bonds. The van der Waals surface area contributed by atoms with Gasteiger partial charge in [-0.05, 0) is 51.5 Å². The van der Waals surface area contributed by atoms with Gasteiger partial charge in [0.25, 0.3) is 0 Å². The van der Waals surface area contributed by atoms with Crippen molar-refractivity contribution < 1.29 is 0 Å². The molecule has 0 spiro atoms. The molecule has 1 N–H and O–H groups in total. The number of hydrogen-bond donors (Lipinski definition) is 1. The second-order valence-corrected chi connectivity index (χ2v) is 6.87. The van der Waals surface area contributed by atoms with Crippen LogP contribution in [0.5, 0.6) is 0 Å². The van der Waals surface area contributed by atoms with Crippen molar-refractivity contribution >= 4 is 11.3 Å². The van der Waals surface area contributed by atoms with Gasteiger partial charge in [-0.3, -0.25) is 0 Å². The van der Waals surface area contributed by atoms with Gasteiger partial charge in [0.2, 0.25) is 0 Å². The summed E-state index contributed by atoms with van der Waals surface area (Å²) < 4.78 is 0. The van der Waals surface area contributed by atoms with E-state index in [0.717, 1.165) is 17.8 Å². The Morgan fingerprint density at radius 3 is 2.44 bits per heavy atom. The molecule has 18 heavy (non-hydrogen) atoms. The molecule has 1 fully saturated rings. The monoisotopic (exact) mass is 266 g/mol. The Balaban J connectivity index is 1.95. The molecule has 1 aliphatic carbocycles. The van der Waals surface area contributed by atoms with Crippen LogP contribution in [0.15, 0.2) is 5.38 Å². The maximum atomic E-state index is 4.83. The lowest BCUT2D eigenvalue weighted by Crippen LogP contribution is -2.18. The molecule has 0 bridgehead atoms. The molecule has 2 rings (SSSR count). The fraction of sp³-hybridized carbons (Fsp3) is 0.800. The summed E-state index contributed by atoms with van der Waals surface area (Å²) >= 11 is 1.86. The highest BCUT2D eigenvalue weighted by Gasteiger charge is 2.26. The standard InChI is InChI=1S/C15H26N2S/c1-10(2)12-5-7-13(8-6-12)15-17-14(9-18-15)11(3)16-4/h9-13,16H,5-8H2,1-4H3. The predicted molar refractivity (Wildman–Crippen MR) is 79.1 cm³/mol. The maximum absolute atomic E-state index is 4.83. The van der Waals surface area contributed by atoms with E-state index in [1.807, 2.05) is 18.4 Å². The quantitative estimate of drug-likeness (QED) is 0.876. The van der Waals surface area contributed by atoms with Crippen molar-refractivity contribution in [3.63, 3.8) is 0 Å². The summed E-state index contributed by atoms with van der Waals surface area (Å²) in [6, 6.07) is 0.377. The average molecular weight is 266 g/mol. The molecular formula is C15H26N2S. The van der Waals surface area contributed by atoms with Crippen LogP contribution in [0, 0.1) is 11.8 Å². The highest BCUT2D eigenvalue weighted by Crippen LogP contribution is 2.39. The summed E-state index contributed by atoms with van der Waals surface area (Å²) in [4.78, 5) is 4.83. The zero-order valence-corrected chi connectivity index (χ0v) is 12.9. The van der Waals surface area contributed by atoms with Crippen LogP contribution >= 0.6 is 11.3 Å². The number of thiazole rings is 1. The first kappa shape index (κ1) is 14.0. The van der Waals surface area contributed by atoms with Crippen molar-refractivity contribution in [2.24, 2.45) is 11.8 Å². The van der Waals surface area contributed by atoms with Gasteiger partial charge in [0.05, 0.1) is 10.7 Å². The first-order valence-corrected chi connectivity index (χ1v) is 8.12. The molecule has 2 nitrogen and oxygen atoms in total. The van der Waals surface area contributed by atoms with Crippen molar-refractivity contribution in [1.82, 2.24) is 10.3 Å². The zero-order valence-electron chi connectivity index (χ0n) is 12.1. The third kappa shape index (κ3) is 3.12. The molecule has 1 aliphatic rings. The largest absolute Gasteiger partial charge is 0.312 e. The molecule has 1 heterocycles. The van der Waals surface area contributed by atoms with E-state index in [1.54, 1.807) is 0 Å². The van der Waals surface area contributed by atoms with Gasteiger partial charge < -0.3 is 5.32 Å². The van der Waals surface area contributed by atoms with E-state index in [1.165, 1.54) is 36.4 Å². The van der Waals surface area contributed by atoms with Gasteiger partial charge in [0, 0.05) is 17.3 Å². The van der Waals surface area contributed by atoms with Crippen LogP contribution in [0.3, 0.4) is 0 Å². The van der Waals surface area contributed by atoms with Gasteiger partial charge in [0.1, 0.15) is 0 Å². The number of nitrogens with one attached hydrogen (secondary N) is 1. The normalized spacial score (nSPS) is 26.5. The number of rotatable bonds is 4. The number of hydrogen-bond acceptors (Lipinski definition) is 3. The lowest BCUT2D eigenvalue weighted by molar-refractivity contribution is 0.258. The van der Waals surface area contributed by atoms with Gasteiger partial charge in [0.15, 0.2) is 0 Å². The molecular weight excluding hydrogens is 240 g/mol. The maximum Gasteiger partial charge on any atom is 0.0959 e. The highest BCUT2D eigenvalue weighted by atomic mass is 32.1. The van der Waals surface area contributed by atoms with Gasteiger partial charge in [-0.25, -0.2) is 4.98 Å². The van der Waals surface area contributed by atoms with E-state index >= 15 is 0 Å². The van der Waals surface area contributed by atoms with E-state index in [-0.39, 0.29) is 0 Å². The molecule has 0 saturated heterocycles. The first-order chi connectivity index (χ1) is 8.61. The molecule has 3 heteroatoms. The van der Waals surface area contributed by atoms with Crippen LogP contribution < -0.4 is 5.32 Å². The van der Waals surface area contributed by atoms with Crippen LogP contribution in [0.2, 0.25) is 0 Å². The topological polar surface area (TPSA) is 24.9 Å². The van der Waals surface area contributed by atoms with E-state index in [0.29, 0.717) is 6.04 Å². The minimum atomic E-state index is 0.377. The summed E-state index contributed by atoms with van der Waals surface area (Å²) in [7, 11) is 2.00. The van der Waals surface area contributed by atoms with E-state index < -0.39 is 0 Å². The minimum absolute atomic E-state index is 0.377. The van der Waals surface area contributed by atoms with E-state index in [9.17, 15) is 0 Å². The summed E-state index contributed by atoms with van der Waals surface area (Å²) in [6.45, 7) is 6.90. The summed E-state index contributed by atoms with van der Waals surface area (Å²) in [6.07, 6.45) is 5.45. The number of aromatic nitrogens is 1. The minimum Gasteiger partial charge on any atom is -0.312 e. The zero-order chi connectivity index (χ0) is 13.1. The summed E-state index contributed by atoms with van der Waals surface area (Å²) in [5.41, 5.74) is 1.21.